The van der Waals surface area contributed by atoms with E-state index >= 15 is 0 Å². The SMILES string of the molecule is COc1ccc(OC)c(NC(=O)N2CCc3nc[nH]c3C2)c1. The Morgan fingerprint density at radius 1 is 1.36 bits per heavy atom. The van der Waals surface area contributed by atoms with Crippen LogP contribution >= 0.6 is 0 Å². The maximum Gasteiger partial charge on any atom is 0.322 e. The molecule has 0 aliphatic carbocycles. The zero-order chi connectivity index (χ0) is 15.5. The molecule has 2 amide bonds. The molecule has 0 bridgehead atoms. The van der Waals surface area contributed by atoms with Crippen LogP contribution in [0, 0.1) is 0 Å². The Morgan fingerprint density at radius 2 is 2.23 bits per heavy atom. The molecular formula is C15H18N4O3. The third-order valence-electron chi connectivity index (χ3n) is 3.71. The van der Waals surface area contributed by atoms with Gasteiger partial charge in [0.25, 0.3) is 0 Å². The molecule has 1 aliphatic rings. The van der Waals surface area contributed by atoms with E-state index < -0.39 is 0 Å². The summed E-state index contributed by atoms with van der Waals surface area (Å²) in [5, 5.41) is 2.88. The van der Waals surface area contributed by atoms with Crippen molar-refractivity contribution in [1.82, 2.24) is 14.9 Å². The van der Waals surface area contributed by atoms with Crippen molar-refractivity contribution in [2.75, 3.05) is 26.1 Å². The van der Waals surface area contributed by atoms with Crippen LogP contribution in [0.15, 0.2) is 24.5 Å². The first-order valence-corrected chi connectivity index (χ1v) is 7.00. The van der Waals surface area contributed by atoms with Crippen molar-refractivity contribution in [3.05, 3.63) is 35.9 Å². The lowest BCUT2D eigenvalue weighted by Crippen LogP contribution is -2.39. The van der Waals surface area contributed by atoms with Gasteiger partial charge in [0, 0.05) is 19.0 Å². The number of methoxy groups -OCH3 is 2. The average molecular weight is 302 g/mol. The zero-order valence-corrected chi connectivity index (χ0v) is 12.5. The number of nitrogens with zero attached hydrogens (tertiary/aromatic N) is 2. The highest BCUT2D eigenvalue weighted by molar-refractivity contribution is 5.91. The van der Waals surface area contributed by atoms with Crippen molar-refractivity contribution in [3.8, 4) is 11.5 Å². The average Bonchev–Trinajstić information content (AvgIpc) is 3.02. The molecule has 2 N–H and O–H groups in total. The van der Waals surface area contributed by atoms with Gasteiger partial charge in [-0.1, -0.05) is 0 Å². The van der Waals surface area contributed by atoms with Gasteiger partial charge < -0.3 is 24.7 Å². The number of fused-ring (bicyclic) bond motifs is 1. The van der Waals surface area contributed by atoms with E-state index in [0.717, 1.165) is 17.8 Å². The van der Waals surface area contributed by atoms with Gasteiger partial charge in [-0.15, -0.1) is 0 Å². The van der Waals surface area contributed by atoms with Gasteiger partial charge >= 0.3 is 6.03 Å². The molecule has 0 saturated carbocycles. The summed E-state index contributed by atoms with van der Waals surface area (Å²) in [6.45, 7) is 1.16. The van der Waals surface area contributed by atoms with Gasteiger partial charge in [-0.2, -0.15) is 0 Å². The summed E-state index contributed by atoms with van der Waals surface area (Å²) < 4.78 is 10.5. The maximum absolute atomic E-state index is 12.5. The Balaban J connectivity index is 1.74. The van der Waals surface area contributed by atoms with Crippen molar-refractivity contribution in [3.63, 3.8) is 0 Å². The third kappa shape index (κ3) is 2.69. The number of ether oxygens (including phenoxy) is 2. The summed E-state index contributed by atoms with van der Waals surface area (Å²) in [5.41, 5.74) is 2.60. The molecule has 3 rings (SSSR count). The van der Waals surface area contributed by atoms with E-state index in [2.05, 4.69) is 15.3 Å². The minimum Gasteiger partial charge on any atom is -0.497 e. The number of aromatic nitrogens is 2. The number of urea groups is 1. The molecule has 0 spiro atoms. The topological polar surface area (TPSA) is 79.5 Å². The summed E-state index contributed by atoms with van der Waals surface area (Å²) in [4.78, 5) is 21.5. The molecule has 0 radical (unpaired) electrons. The number of rotatable bonds is 3. The van der Waals surface area contributed by atoms with Crippen molar-refractivity contribution in [2.24, 2.45) is 0 Å². The fraction of sp³-hybridized carbons (Fsp3) is 0.333. The fourth-order valence-electron chi connectivity index (χ4n) is 2.49. The largest absolute Gasteiger partial charge is 0.497 e. The van der Waals surface area contributed by atoms with Crippen LogP contribution in [0.4, 0.5) is 10.5 Å². The predicted molar refractivity (Wildman–Crippen MR) is 81.3 cm³/mol. The Hall–Kier alpha value is -2.70. The number of hydrogen-bond donors (Lipinski definition) is 2. The molecule has 0 unspecified atom stereocenters. The number of amides is 2. The van der Waals surface area contributed by atoms with E-state index in [1.165, 1.54) is 0 Å². The number of benzene rings is 1. The Kier molecular flexibility index (Phi) is 3.86. The van der Waals surface area contributed by atoms with E-state index in [1.807, 2.05) is 0 Å². The standard InChI is InChI=1S/C15H18N4O3/c1-21-10-3-4-14(22-2)12(7-10)18-15(20)19-6-5-11-13(8-19)17-9-16-11/h3-4,7,9H,5-6,8H2,1-2H3,(H,16,17)(H,18,20). The number of anilines is 1. The smallest absolute Gasteiger partial charge is 0.322 e. The molecule has 0 saturated heterocycles. The predicted octanol–water partition coefficient (Wildman–Crippen LogP) is 2.02. The highest BCUT2D eigenvalue weighted by atomic mass is 16.5. The molecule has 1 aromatic heterocycles. The molecule has 7 nitrogen and oxygen atoms in total. The van der Waals surface area contributed by atoms with Crippen molar-refractivity contribution < 1.29 is 14.3 Å². The van der Waals surface area contributed by atoms with Crippen LogP contribution in [0.5, 0.6) is 11.5 Å². The van der Waals surface area contributed by atoms with E-state index in [1.54, 1.807) is 43.6 Å². The number of carbonyl (C=O) groups excluding carboxylic acids is 1. The monoisotopic (exact) mass is 302 g/mol. The maximum atomic E-state index is 12.5. The lowest BCUT2D eigenvalue weighted by molar-refractivity contribution is 0.205. The Morgan fingerprint density at radius 3 is 3.00 bits per heavy atom. The highest BCUT2D eigenvalue weighted by Crippen LogP contribution is 2.29. The third-order valence-corrected chi connectivity index (χ3v) is 3.71. The summed E-state index contributed by atoms with van der Waals surface area (Å²) in [6.07, 6.45) is 2.42. The van der Waals surface area contributed by atoms with E-state index in [-0.39, 0.29) is 6.03 Å². The number of carbonyl (C=O) groups is 1. The molecule has 116 valence electrons. The molecule has 7 heteroatoms. The number of nitrogens with one attached hydrogen (secondary N) is 2. The minimum absolute atomic E-state index is 0.174. The molecule has 1 aliphatic heterocycles. The molecule has 2 heterocycles. The summed E-state index contributed by atoms with van der Waals surface area (Å²) in [7, 11) is 3.15. The van der Waals surface area contributed by atoms with Crippen LogP contribution in [-0.2, 0) is 13.0 Å². The first kappa shape index (κ1) is 14.2. The summed E-state index contributed by atoms with van der Waals surface area (Å²) in [5.74, 6) is 1.25. The molecular weight excluding hydrogens is 284 g/mol. The fourth-order valence-corrected chi connectivity index (χ4v) is 2.49. The Bertz CT molecular complexity index is 683. The van der Waals surface area contributed by atoms with Crippen molar-refractivity contribution in [2.45, 2.75) is 13.0 Å². The molecule has 2 aromatic rings. The second kappa shape index (κ2) is 5.97. The molecule has 0 atom stereocenters. The number of aromatic amines is 1. The number of imidazole rings is 1. The van der Waals surface area contributed by atoms with Crippen LogP contribution in [0.1, 0.15) is 11.4 Å². The first-order valence-electron chi connectivity index (χ1n) is 7.00. The van der Waals surface area contributed by atoms with E-state index in [4.69, 9.17) is 9.47 Å². The van der Waals surface area contributed by atoms with Gasteiger partial charge in [-0.3, -0.25) is 0 Å². The van der Waals surface area contributed by atoms with Crippen LogP contribution in [0.25, 0.3) is 0 Å². The second-order valence-corrected chi connectivity index (χ2v) is 5.00. The summed E-state index contributed by atoms with van der Waals surface area (Å²) in [6, 6.07) is 5.11. The quantitative estimate of drug-likeness (QED) is 0.909. The van der Waals surface area contributed by atoms with Crippen LogP contribution in [-0.4, -0.2) is 41.7 Å². The first-order chi connectivity index (χ1) is 10.7. The lowest BCUT2D eigenvalue weighted by atomic mass is 10.1. The minimum atomic E-state index is -0.174. The molecule has 1 aromatic carbocycles. The number of H-pyrrole nitrogens is 1. The lowest BCUT2D eigenvalue weighted by Gasteiger charge is -2.26. The normalized spacial score (nSPS) is 13.5. The zero-order valence-electron chi connectivity index (χ0n) is 12.5. The van der Waals surface area contributed by atoms with Crippen LogP contribution in [0.3, 0.4) is 0 Å². The molecule has 22 heavy (non-hydrogen) atoms. The molecule has 0 fully saturated rings. The van der Waals surface area contributed by atoms with E-state index in [0.29, 0.717) is 30.3 Å². The van der Waals surface area contributed by atoms with Gasteiger partial charge in [-0.05, 0) is 12.1 Å². The Labute approximate surface area is 128 Å². The van der Waals surface area contributed by atoms with E-state index in [9.17, 15) is 4.79 Å². The van der Waals surface area contributed by atoms with Crippen LogP contribution in [0.2, 0.25) is 0 Å². The van der Waals surface area contributed by atoms with Gasteiger partial charge in [0.05, 0.1) is 44.2 Å². The summed E-state index contributed by atoms with van der Waals surface area (Å²) >= 11 is 0. The highest BCUT2D eigenvalue weighted by Gasteiger charge is 2.23. The van der Waals surface area contributed by atoms with Gasteiger partial charge in [0.15, 0.2) is 0 Å². The van der Waals surface area contributed by atoms with Gasteiger partial charge in [-0.25, -0.2) is 9.78 Å². The van der Waals surface area contributed by atoms with Crippen molar-refractivity contribution >= 4 is 11.7 Å². The van der Waals surface area contributed by atoms with Crippen LogP contribution < -0.4 is 14.8 Å². The van der Waals surface area contributed by atoms with Gasteiger partial charge in [0.2, 0.25) is 0 Å². The van der Waals surface area contributed by atoms with Gasteiger partial charge in [0.1, 0.15) is 11.5 Å². The number of hydrogen-bond acceptors (Lipinski definition) is 4. The second-order valence-electron chi connectivity index (χ2n) is 5.00. The van der Waals surface area contributed by atoms with Crippen molar-refractivity contribution in [1.29, 1.82) is 0 Å².